The van der Waals surface area contributed by atoms with Gasteiger partial charge in [0.2, 0.25) is 0 Å². The highest BCUT2D eigenvalue weighted by atomic mass is 32.2. The summed E-state index contributed by atoms with van der Waals surface area (Å²) in [5.41, 5.74) is 4.33. The van der Waals surface area contributed by atoms with E-state index in [9.17, 15) is 17.6 Å². The molecular formula is C37H31FN4O4S2. The molecule has 0 atom stereocenters. The highest BCUT2D eigenvalue weighted by Gasteiger charge is 2.40. The highest BCUT2D eigenvalue weighted by molar-refractivity contribution is 7.94. The molecule has 0 fully saturated rings. The van der Waals surface area contributed by atoms with Crippen molar-refractivity contribution < 1.29 is 22.3 Å². The van der Waals surface area contributed by atoms with E-state index in [-0.39, 0.29) is 40.3 Å². The number of amides is 1. The van der Waals surface area contributed by atoms with E-state index in [0.29, 0.717) is 32.9 Å². The number of anilines is 1. The van der Waals surface area contributed by atoms with E-state index in [1.165, 1.54) is 23.5 Å². The Labute approximate surface area is 282 Å². The first-order chi connectivity index (χ1) is 23.1. The Kier molecular flexibility index (Phi) is 8.18. The van der Waals surface area contributed by atoms with Crippen molar-refractivity contribution in [1.29, 1.82) is 0 Å². The Bertz CT molecular complexity index is 2220. The van der Waals surface area contributed by atoms with E-state index >= 15 is 0 Å². The van der Waals surface area contributed by atoms with Crippen LogP contribution in [0.1, 0.15) is 49.4 Å². The summed E-state index contributed by atoms with van der Waals surface area (Å²) in [5, 5.41) is 1.15. The predicted molar refractivity (Wildman–Crippen MR) is 184 cm³/mol. The minimum absolute atomic E-state index is 0.101. The molecular weight excluding hydrogens is 648 g/mol. The zero-order valence-corrected chi connectivity index (χ0v) is 28.1. The van der Waals surface area contributed by atoms with Gasteiger partial charge in [-0.2, -0.15) is 0 Å². The van der Waals surface area contributed by atoms with Gasteiger partial charge in [0.15, 0.2) is 9.96 Å². The van der Waals surface area contributed by atoms with Crippen LogP contribution in [-0.2, 0) is 23.1 Å². The summed E-state index contributed by atoms with van der Waals surface area (Å²) >= 11 is 1.10. The number of nitrogens with zero attached hydrogens (tertiary/aromatic N) is 4. The molecule has 48 heavy (non-hydrogen) atoms. The van der Waals surface area contributed by atoms with Gasteiger partial charge in [0.05, 0.1) is 22.0 Å². The van der Waals surface area contributed by atoms with Crippen LogP contribution in [0.2, 0.25) is 0 Å². The lowest BCUT2D eigenvalue weighted by Gasteiger charge is -2.26. The third-order valence-corrected chi connectivity index (χ3v) is 11.9. The van der Waals surface area contributed by atoms with Gasteiger partial charge < -0.3 is 9.64 Å². The fraction of sp³-hybridized carbons (Fsp3) is 0.162. The second-order valence-corrected chi connectivity index (χ2v) is 15.0. The third-order valence-electron chi connectivity index (χ3n) is 8.44. The van der Waals surface area contributed by atoms with Crippen molar-refractivity contribution >= 4 is 43.9 Å². The molecule has 11 heteroatoms. The Balaban J connectivity index is 1.45. The molecule has 1 amide bonds. The maximum atomic E-state index is 14.5. The van der Waals surface area contributed by atoms with Gasteiger partial charge >= 0.3 is 0 Å². The zero-order valence-electron chi connectivity index (χ0n) is 26.4. The Hall–Kier alpha value is -5.13. The number of carbonyl (C=O) groups is 1. The van der Waals surface area contributed by atoms with Crippen LogP contribution in [0.4, 0.5) is 10.1 Å². The Morgan fingerprint density at radius 2 is 1.58 bits per heavy atom. The van der Waals surface area contributed by atoms with Crippen molar-refractivity contribution in [3.63, 3.8) is 0 Å². The zero-order chi connectivity index (χ0) is 33.6. The number of thiazole rings is 1. The van der Waals surface area contributed by atoms with E-state index in [1.807, 2.05) is 60.7 Å². The number of benzene rings is 4. The first-order valence-electron chi connectivity index (χ1n) is 15.3. The van der Waals surface area contributed by atoms with Crippen LogP contribution in [0.15, 0.2) is 107 Å². The average molecular weight is 679 g/mol. The molecule has 8 nitrogen and oxygen atoms in total. The van der Waals surface area contributed by atoms with E-state index < -0.39 is 16.1 Å². The van der Waals surface area contributed by atoms with Gasteiger partial charge in [-0.1, -0.05) is 72.8 Å². The number of sulfonamides is 1. The highest BCUT2D eigenvalue weighted by Crippen LogP contribution is 2.47. The minimum Gasteiger partial charge on any atom is -0.478 e. The van der Waals surface area contributed by atoms with Crippen LogP contribution in [0.25, 0.3) is 10.9 Å². The normalized spacial score (nSPS) is 12.9. The number of carbonyl (C=O) groups excluding carboxylic acids is 1. The first kappa shape index (κ1) is 31.5. The lowest BCUT2D eigenvalue weighted by Crippen LogP contribution is -2.28. The molecule has 0 saturated heterocycles. The van der Waals surface area contributed by atoms with Crippen LogP contribution in [-0.4, -0.2) is 36.2 Å². The maximum absolute atomic E-state index is 14.5. The van der Waals surface area contributed by atoms with E-state index in [4.69, 9.17) is 9.72 Å². The van der Waals surface area contributed by atoms with Crippen LogP contribution in [0, 0.1) is 19.7 Å². The van der Waals surface area contributed by atoms with Gasteiger partial charge in [-0.3, -0.25) is 14.1 Å². The first-order valence-corrected chi connectivity index (χ1v) is 17.6. The summed E-state index contributed by atoms with van der Waals surface area (Å²) in [5.74, 6) is -0.448. The lowest BCUT2D eigenvalue weighted by atomic mass is 9.99. The molecule has 0 saturated carbocycles. The Morgan fingerprint density at radius 1 is 0.938 bits per heavy atom. The molecule has 1 aliphatic rings. The van der Waals surface area contributed by atoms with E-state index in [2.05, 4.69) is 4.98 Å². The number of aromatic nitrogens is 2. The molecule has 0 spiro atoms. The largest absolute Gasteiger partial charge is 0.478 e. The molecule has 1 aliphatic heterocycles. The van der Waals surface area contributed by atoms with Crippen LogP contribution >= 0.6 is 11.3 Å². The number of hydrogen-bond acceptors (Lipinski definition) is 7. The van der Waals surface area contributed by atoms with Crippen molar-refractivity contribution in [2.75, 3.05) is 11.4 Å². The number of ether oxygens (including phenoxy) is 1. The molecule has 0 unspecified atom stereocenters. The van der Waals surface area contributed by atoms with Crippen molar-refractivity contribution in [1.82, 2.24) is 14.9 Å². The van der Waals surface area contributed by atoms with Crippen LogP contribution in [0.5, 0.6) is 5.75 Å². The third kappa shape index (κ3) is 5.58. The smallest absolute Gasteiger partial charge is 0.275 e. The summed E-state index contributed by atoms with van der Waals surface area (Å²) < 4.78 is 50.5. The Morgan fingerprint density at radius 3 is 2.19 bits per heavy atom. The van der Waals surface area contributed by atoms with E-state index in [0.717, 1.165) is 28.0 Å². The topological polar surface area (TPSA) is 92.7 Å². The molecule has 242 valence electrons. The number of hydrogen-bond donors (Lipinski definition) is 0. The quantitative estimate of drug-likeness (QED) is 0.156. The summed E-state index contributed by atoms with van der Waals surface area (Å²) in [4.78, 5) is 25.2. The number of rotatable bonds is 9. The lowest BCUT2D eigenvalue weighted by molar-refractivity contribution is 0.0762. The molecule has 0 bridgehead atoms. The van der Waals surface area contributed by atoms with Crippen LogP contribution < -0.4 is 9.04 Å². The average Bonchev–Trinajstić information content (AvgIpc) is 3.61. The second kappa shape index (κ2) is 12.5. The van der Waals surface area contributed by atoms with Crippen molar-refractivity contribution in [2.45, 2.75) is 37.3 Å². The number of halogens is 1. The summed E-state index contributed by atoms with van der Waals surface area (Å²) in [6.45, 7) is 3.72. The molecule has 7 rings (SSSR count). The monoisotopic (exact) mass is 678 g/mol. The molecule has 0 N–H and O–H groups in total. The molecule has 6 aromatic rings. The van der Waals surface area contributed by atoms with Crippen molar-refractivity contribution in [3.8, 4) is 5.75 Å². The van der Waals surface area contributed by atoms with Crippen molar-refractivity contribution in [2.24, 2.45) is 0 Å². The summed E-state index contributed by atoms with van der Waals surface area (Å²) in [7, 11) is -2.59. The van der Waals surface area contributed by atoms with Gasteiger partial charge in [0.25, 0.3) is 15.9 Å². The van der Waals surface area contributed by atoms with Gasteiger partial charge in [-0.25, -0.2) is 17.8 Å². The van der Waals surface area contributed by atoms with Gasteiger partial charge in [0, 0.05) is 37.3 Å². The fourth-order valence-corrected chi connectivity index (χ4v) is 9.10. The molecule has 4 aromatic carbocycles. The minimum atomic E-state index is -4.09. The number of pyridine rings is 1. The molecule has 2 aromatic heterocycles. The number of aryl methyl sites for hydroxylation is 2. The summed E-state index contributed by atoms with van der Waals surface area (Å²) in [6, 6.07) is 28.9. The molecule has 0 radical (unpaired) electrons. The van der Waals surface area contributed by atoms with E-state index in [1.54, 1.807) is 49.2 Å². The second-order valence-electron chi connectivity index (χ2n) is 11.6. The van der Waals surface area contributed by atoms with Gasteiger partial charge in [-0.05, 0) is 54.8 Å². The molecule has 0 aliphatic carbocycles. The van der Waals surface area contributed by atoms with Crippen LogP contribution in [0.3, 0.4) is 0 Å². The fourth-order valence-electron chi connectivity index (χ4n) is 6.23. The number of fused-ring (bicyclic) bond motifs is 2. The van der Waals surface area contributed by atoms with Crippen molar-refractivity contribution in [3.05, 3.63) is 148 Å². The SMILES string of the molecule is Cc1nc(C)c(S(=O)(=O)N(C)c2c3c(c(OC(c4ccccc4)c4ccccc4)c4ncccc24)C(=O)N(Cc2ccc(F)cc2)C3)s1. The van der Waals surface area contributed by atoms with Gasteiger partial charge in [-0.15, -0.1) is 11.3 Å². The standard InChI is InChI=1S/C37H31FN4O4S2/c1-23-37(47-24(2)40-23)48(44,45)41(3)33-29-15-10-20-39-32(29)35(46-34(26-11-6-4-7-12-26)27-13-8-5-9-14-27)31-30(33)22-42(36(31)43)21-25-16-18-28(38)19-17-25/h4-20,34H,21-22H2,1-3H3. The molecule has 3 heterocycles. The van der Waals surface area contributed by atoms with Gasteiger partial charge in [0.1, 0.15) is 17.4 Å². The summed E-state index contributed by atoms with van der Waals surface area (Å²) in [6.07, 6.45) is 1.00. The predicted octanol–water partition coefficient (Wildman–Crippen LogP) is 7.60. The maximum Gasteiger partial charge on any atom is 0.275 e.